The fourth-order valence-corrected chi connectivity index (χ4v) is 1.75. The Morgan fingerprint density at radius 1 is 1.35 bits per heavy atom. The van der Waals surface area contributed by atoms with Crippen molar-refractivity contribution in [3.05, 3.63) is 22.9 Å². The number of hydrogen-bond acceptors (Lipinski definition) is 4. The summed E-state index contributed by atoms with van der Waals surface area (Å²) in [5.41, 5.74) is 8.87. The maximum absolute atomic E-state index is 5.73. The van der Waals surface area contributed by atoms with Gasteiger partial charge in [0.15, 0.2) is 0 Å². The maximum atomic E-state index is 5.73. The largest absolute Gasteiger partial charge is 0.477 e. The molecule has 17 heavy (non-hydrogen) atoms. The van der Waals surface area contributed by atoms with Crippen molar-refractivity contribution in [3.63, 3.8) is 0 Å². The van der Waals surface area contributed by atoms with Gasteiger partial charge in [0.25, 0.3) is 0 Å². The highest BCUT2D eigenvalue weighted by Crippen LogP contribution is 2.20. The zero-order valence-electron chi connectivity index (χ0n) is 11.3. The molecule has 0 saturated heterocycles. The average Bonchev–Trinajstić information content (AvgIpc) is 2.23. The fraction of sp³-hybridized carbons (Fsp3) is 0.615. The number of ether oxygens (including phenoxy) is 1. The van der Waals surface area contributed by atoms with Crippen molar-refractivity contribution in [2.75, 3.05) is 27.2 Å². The van der Waals surface area contributed by atoms with Crippen LogP contribution in [0.25, 0.3) is 0 Å². The first-order valence-corrected chi connectivity index (χ1v) is 5.99. The molecule has 96 valence electrons. The van der Waals surface area contributed by atoms with E-state index in [0.29, 0.717) is 19.0 Å². The van der Waals surface area contributed by atoms with Gasteiger partial charge < -0.3 is 15.4 Å². The maximum Gasteiger partial charge on any atom is 0.218 e. The average molecular weight is 237 g/mol. The lowest BCUT2D eigenvalue weighted by Gasteiger charge is -2.14. The first-order valence-electron chi connectivity index (χ1n) is 5.99. The van der Waals surface area contributed by atoms with E-state index in [2.05, 4.69) is 24.0 Å². The van der Waals surface area contributed by atoms with E-state index in [9.17, 15) is 0 Å². The molecule has 0 aliphatic heterocycles. The van der Waals surface area contributed by atoms with Crippen LogP contribution in [0, 0.1) is 13.8 Å². The van der Waals surface area contributed by atoms with Crippen LogP contribution in [0.1, 0.15) is 23.2 Å². The smallest absolute Gasteiger partial charge is 0.218 e. The van der Waals surface area contributed by atoms with Crippen LogP contribution in [0.2, 0.25) is 0 Å². The summed E-state index contributed by atoms with van der Waals surface area (Å²) >= 11 is 0. The molecule has 0 unspecified atom stereocenters. The van der Waals surface area contributed by atoms with Gasteiger partial charge in [0, 0.05) is 24.3 Å². The number of hydrogen-bond donors (Lipinski definition) is 1. The highest BCUT2D eigenvalue weighted by atomic mass is 16.5. The third-order valence-electron chi connectivity index (χ3n) is 2.63. The first-order chi connectivity index (χ1) is 8.04. The zero-order valence-corrected chi connectivity index (χ0v) is 11.3. The van der Waals surface area contributed by atoms with Crippen LogP contribution >= 0.6 is 0 Å². The lowest BCUT2D eigenvalue weighted by atomic mass is 10.1. The minimum Gasteiger partial charge on any atom is -0.477 e. The summed E-state index contributed by atoms with van der Waals surface area (Å²) in [7, 11) is 4.11. The highest BCUT2D eigenvalue weighted by Gasteiger charge is 2.08. The molecule has 0 atom stereocenters. The van der Waals surface area contributed by atoms with Gasteiger partial charge in [-0.2, -0.15) is 0 Å². The Labute approximate surface area is 104 Å². The van der Waals surface area contributed by atoms with E-state index in [-0.39, 0.29) is 0 Å². The van der Waals surface area contributed by atoms with Gasteiger partial charge in [-0.1, -0.05) is 0 Å². The number of pyridine rings is 1. The van der Waals surface area contributed by atoms with Crippen LogP contribution in [0.3, 0.4) is 0 Å². The molecule has 0 aromatic carbocycles. The Morgan fingerprint density at radius 3 is 2.65 bits per heavy atom. The van der Waals surface area contributed by atoms with Crippen LogP contribution in [0.4, 0.5) is 0 Å². The highest BCUT2D eigenvalue weighted by molar-refractivity contribution is 5.35. The number of nitrogens with two attached hydrogens (primary N) is 1. The van der Waals surface area contributed by atoms with Crippen molar-refractivity contribution in [1.82, 2.24) is 9.88 Å². The van der Waals surface area contributed by atoms with E-state index >= 15 is 0 Å². The second-order valence-corrected chi connectivity index (χ2v) is 4.57. The molecular weight excluding hydrogens is 214 g/mol. The fourth-order valence-electron chi connectivity index (χ4n) is 1.75. The summed E-state index contributed by atoms with van der Waals surface area (Å²) in [4.78, 5) is 6.55. The third-order valence-corrected chi connectivity index (χ3v) is 2.63. The molecule has 1 rings (SSSR count). The van der Waals surface area contributed by atoms with E-state index < -0.39 is 0 Å². The van der Waals surface area contributed by atoms with Gasteiger partial charge in [0.05, 0.1) is 6.61 Å². The molecular formula is C13H23N3O. The van der Waals surface area contributed by atoms with Crippen LogP contribution in [-0.4, -0.2) is 37.1 Å². The van der Waals surface area contributed by atoms with Crippen molar-refractivity contribution < 1.29 is 4.74 Å². The standard InChI is InChI=1S/C13H23N3O/c1-10-8-11(2)15-13(12(10)9-14)17-7-5-6-16(3)4/h8H,5-7,9,14H2,1-4H3. The Kier molecular flexibility index (Phi) is 5.38. The molecule has 4 heteroatoms. The van der Waals surface area contributed by atoms with Gasteiger partial charge in [0.2, 0.25) is 5.88 Å². The number of aromatic nitrogens is 1. The van der Waals surface area contributed by atoms with Crippen LogP contribution in [-0.2, 0) is 6.54 Å². The van der Waals surface area contributed by atoms with Gasteiger partial charge in [-0.25, -0.2) is 4.98 Å². The van der Waals surface area contributed by atoms with Crippen LogP contribution in [0.5, 0.6) is 5.88 Å². The molecule has 0 fully saturated rings. The van der Waals surface area contributed by atoms with E-state index in [1.165, 1.54) is 0 Å². The molecule has 2 N–H and O–H groups in total. The minimum absolute atomic E-state index is 0.474. The predicted molar refractivity (Wildman–Crippen MR) is 70.3 cm³/mol. The lowest BCUT2D eigenvalue weighted by Crippen LogP contribution is -2.16. The lowest BCUT2D eigenvalue weighted by molar-refractivity contribution is 0.270. The molecule has 0 aliphatic carbocycles. The molecule has 0 bridgehead atoms. The van der Waals surface area contributed by atoms with E-state index in [4.69, 9.17) is 10.5 Å². The van der Waals surface area contributed by atoms with Crippen LogP contribution in [0.15, 0.2) is 6.07 Å². The van der Waals surface area contributed by atoms with Crippen molar-refractivity contribution in [1.29, 1.82) is 0 Å². The summed E-state index contributed by atoms with van der Waals surface area (Å²) < 4.78 is 5.72. The molecule has 4 nitrogen and oxygen atoms in total. The van der Waals surface area contributed by atoms with E-state index in [0.717, 1.165) is 29.8 Å². The Balaban J connectivity index is 2.63. The van der Waals surface area contributed by atoms with Crippen molar-refractivity contribution in [2.24, 2.45) is 5.73 Å². The monoisotopic (exact) mass is 237 g/mol. The zero-order chi connectivity index (χ0) is 12.8. The molecule has 0 amide bonds. The normalized spacial score (nSPS) is 10.9. The van der Waals surface area contributed by atoms with E-state index in [1.807, 2.05) is 19.9 Å². The second kappa shape index (κ2) is 6.57. The van der Waals surface area contributed by atoms with Gasteiger partial charge in [-0.05, 0) is 46.0 Å². The Morgan fingerprint density at radius 2 is 2.06 bits per heavy atom. The Hall–Kier alpha value is -1.13. The van der Waals surface area contributed by atoms with Crippen molar-refractivity contribution >= 4 is 0 Å². The van der Waals surface area contributed by atoms with Crippen molar-refractivity contribution in [3.8, 4) is 5.88 Å². The first kappa shape index (κ1) is 13.9. The van der Waals surface area contributed by atoms with E-state index in [1.54, 1.807) is 0 Å². The minimum atomic E-state index is 0.474. The SMILES string of the molecule is Cc1cc(C)c(CN)c(OCCCN(C)C)n1. The third kappa shape index (κ3) is 4.32. The topological polar surface area (TPSA) is 51.4 Å². The van der Waals surface area contributed by atoms with Gasteiger partial charge in [0.1, 0.15) is 0 Å². The van der Waals surface area contributed by atoms with Gasteiger partial charge >= 0.3 is 0 Å². The quantitative estimate of drug-likeness (QED) is 0.762. The summed E-state index contributed by atoms with van der Waals surface area (Å²) in [5, 5.41) is 0. The second-order valence-electron chi connectivity index (χ2n) is 4.57. The molecule has 1 aromatic heterocycles. The summed E-state index contributed by atoms with van der Waals surface area (Å²) in [6, 6.07) is 2.04. The molecule has 1 aromatic rings. The number of aryl methyl sites for hydroxylation is 2. The molecule has 0 spiro atoms. The van der Waals surface area contributed by atoms with Gasteiger partial charge in [-0.15, -0.1) is 0 Å². The summed E-state index contributed by atoms with van der Waals surface area (Å²) in [6.07, 6.45) is 0.992. The van der Waals surface area contributed by atoms with Crippen molar-refractivity contribution in [2.45, 2.75) is 26.8 Å². The number of rotatable bonds is 6. The molecule has 1 heterocycles. The predicted octanol–water partition coefficient (Wildman–Crippen LogP) is 1.49. The van der Waals surface area contributed by atoms with Gasteiger partial charge in [-0.3, -0.25) is 0 Å². The molecule has 0 saturated carbocycles. The summed E-state index contributed by atoms with van der Waals surface area (Å²) in [6.45, 7) is 6.19. The Bertz CT molecular complexity index is 364. The molecule has 0 radical (unpaired) electrons. The number of nitrogens with zero attached hydrogens (tertiary/aromatic N) is 2. The molecule has 0 aliphatic rings. The van der Waals surface area contributed by atoms with Crippen LogP contribution < -0.4 is 10.5 Å². The summed E-state index contributed by atoms with van der Waals surface area (Å²) in [5.74, 6) is 0.698.